The summed E-state index contributed by atoms with van der Waals surface area (Å²) in [6.45, 7) is 4.24. The number of nitriles is 2. The number of methoxy groups -OCH3 is 2. The molecule has 2 rings (SSSR count). The number of ether oxygens (including phenoxy) is 2. The van der Waals surface area contributed by atoms with Crippen molar-refractivity contribution in [3.8, 4) is 29.4 Å². The third-order valence-corrected chi connectivity index (χ3v) is 4.25. The number of phenols is 1. The maximum absolute atomic E-state index is 10.00. The van der Waals surface area contributed by atoms with Crippen molar-refractivity contribution in [2.75, 3.05) is 14.2 Å². The van der Waals surface area contributed by atoms with Crippen LogP contribution in [0.2, 0.25) is 0 Å². The molecule has 0 heterocycles. The van der Waals surface area contributed by atoms with Gasteiger partial charge in [-0.05, 0) is 47.1 Å². The van der Waals surface area contributed by atoms with Gasteiger partial charge < -0.3 is 14.6 Å². The van der Waals surface area contributed by atoms with Crippen LogP contribution in [0.25, 0.3) is 6.08 Å². The highest BCUT2D eigenvalue weighted by Crippen LogP contribution is 2.40. The Morgan fingerprint density at radius 2 is 1.65 bits per heavy atom. The molecule has 0 bridgehead atoms. The van der Waals surface area contributed by atoms with Gasteiger partial charge in [0, 0.05) is 0 Å². The lowest BCUT2D eigenvalue weighted by Gasteiger charge is -2.30. The fourth-order valence-corrected chi connectivity index (χ4v) is 3.11. The number of phenolic OH excluding ortho intramolecular Hbond substituents is 1. The van der Waals surface area contributed by atoms with Crippen LogP contribution < -0.4 is 9.47 Å². The van der Waals surface area contributed by atoms with Crippen molar-refractivity contribution < 1.29 is 14.6 Å². The molecule has 26 heavy (non-hydrogen) atoms. The summed E-state index contributed by atoms with van der Waals surface area (Å²) in [5, 5.41) is 28.3. The van der Waals surface area contributed by atoms with Gasteiger partial charge in [-0.3, -0.25) is 0 Å². The molecule has 0 fully saturated rings. The van der Waals surface area contributed by atoms with Gasteiger partial charge in [0.15, 0.2) is 11.5 Å². The standard InChI is InChI=1S/C21H22N2O3/c1-21(2)10-15(7-16(11-21)17(12-22)13-23)6-5-14-8-18(25-3)20(24)19(9-14)26-4/h5-9,24H,10-11H2,1-4H3/b6-5+. The maximum Gasteiger partial charge on any atom is 0.200 e. The van der Waals surface area contributed by atoms with Crippen molar-refractivity contribution in [2.45, 2.75) is 26.7 Å². The topological polar surface area (TPSA) is 86.3 Å². The zero-order chi connectivity index (χ0) is 19.3. The Bertz CT molecular complexity index is 836. The van der Waals surface area contributed by atoms with Gasteiger partial charge in [0.1, 0.15) is 17.7 Å². The SMILES string of the molecule is COc1cc(/C=C/C2=CC(=C(C#N)C#N)CC(C)(C)C2)cc(OC)c1O. The average molecular weight is 350 g/mol. The first-order valence-corrected chi connectivity index (χ1v) is 8.20. The summed E-state index contributed by atoms with van der Waals surface area (Å²) in [6, 6.07) is 7.39. The highest BCUT2D eigenvalue weighted by molar-refractivity contribution is 5.63. The first-order chi connectivity index (χ1) is 12.3. The van der Waals surface area contributed by atoms with E-state index in [4.69, 9.17) is 20.0 Å². The van der Waals surface area contributed by atoms with E-state index < -0.39 is 0 Å². The van der Waals surface area contributed by atoms with Crippen LogP contribution in [0, 0.1) is 28.1 Å². The zero-order valence-electron chi connectivity index (χ0n) is 15.5. The molecule has 1 aliphatic carbocycles. The summed E-state index contributed by atoms with van der Waals surface area (Å²) in [4.78, 5) is 0. The van der Waals surface area contributed by atoms with Crippen LogP contribution >= 0.6 is 0 Å². The van der Waals surface area contributed by atoms with Gasteiger partial charge in [-0.2, -0.15) is 10.5 Å². The van der Waals surface area contributed by atoms with Crippen LogP contribution in [0.3, 0.4) is 0 Å². The van der Waals surface area contributed by atoms with Crippen molar-refractivity contribution in [3.63, 3.8) is 0 Å². The summed E-state index contributed by atoms with van der Waals surface area (Å²) in [6.07, 6.45) is 7.30. The molecule has 1 aliphatic rings. The third kappa shape index (κ3) is 4.26. The Kier molecular flexibility index (Phi) is 5.75. The minimum atomic E-state index is -0.0388. The van der Waals surface area contributed by atoms with Crippen LogP contribution in [-0.4, -0.2) is 19.3 Å². The molecular weight excluding hydrogens is 328 g/mol. The smallest absolute Gasteiger partial charge is 0.200 e. The number of rotatable bonds is 4. The number of nitrogens with zero attached hydrogens (tertiary/aromatic N) is 2. The molecule has 0 unspecified atom stereocenters. The van der Waals surface area contributed by atoms with Gasteiger partial charge in [0.2, 0.25) is 5.75 Å². The molecule has 1 N–H and O–H groups in total. The first-order valence-electron chi connectivity index (χ1n) is 8.20. The first kappa shape index (κ1) is 19.1. The van der Waals surface area contributed by atoms with Gasteiger partial charge in [-0.1, -0.05) is 32.1 Å². The highest BCUT2D eigenvalue weighted by Gasteiger charge is 2.26. The molecule has 134 valence electrons. The zero-order valence-corrected chi connectivity index (χ0v) is 15.5. The van der Waals surface area contributed by atoms with E-state index in [1.807, 2.05) is 30.4 Å². The second kappa shape index (κ2) is 7.80. The van der Waals surface area contributed by atoms with Crippen molar-refractivity contribution in [3.05, 3.63) is 46.6 Å². The van der Waals surface area contributed by atoms with Gasteiger partial charge in [0.25, 0.3) is 0 Å². The Hall–Kier alpha value is -3.18. The molecule has 0 aliphatic heterocycles. The number of hydrogen-bond acceptors (Lipinski definition) is 5. The summed E-state index contributed by atoms with van der Waals surface area (Å²) >= 11 is 0. The third-order valence-electron chi connectivity index (χ3n) is 4.25. The molecule has 5 heteroatoms. The van der Waals surface area contributed by atoms with Crippen molar-refractivity contribution in [1.82, 2.24) is 0 Å². The molecular formula is C21H22N2O3. The van der Waals surface area contributed by atoms with E-state index in [0.717, 1.165) is 23.1 Å². The van der Waals surface area contributed by atoms with E-state index in [1.165, 1.54) is 14.2 Å². The van der Waals surface area contributed by atoms with E-state index in [9.17, 15) is 5.11 Å². The predicted molar refractivity (Wildman–Crippen MR) is 99.6 cm³/mol. The molecule has 0 atom stereocenters. The normalized spacial score (nSPS) is 15.8. The molecule has 0 aromatic heterocycles. The largest absolute Gasteiger partial charge is 0.502 e. The van der Waals surface area contributed by atoms with E-state index in [2.05, 4.69) is 13.8 Å². The second-order valence-electron chi connectivity index (χ2n) is 6.97. The van der Waals surface area contributed by atoms with Crippen LogP contribution in [0.1, 0.15) is 32.3 Å². The molecule has 0 saturated carbocycles. The number of allylic oxidation sites excluding steroid dienone is 5. The number of benzene rings is 1. The van der Waals surface area contributed by atoms with Crippen LogP contribution in [0.15, 0.2) is 41.0 Å². The van der Waals surface area contributed by atoms with Crippen molar-refractivity contribution in [1.29, 1.82) is 10.5 Å². The van der Waals surface area contributed by atoms with Gasteiger partial charge in [-0.25, -0.2) is 0 Å². The Balaban J connectivity index is 2.42. The molecule has 0 amide bonds. The van der Waals surface area contributed by atoms with Gasteiger partial charge >= 0.3 is 0 Å². The molecule has 5 nitrogen and oxygen atoms in total. The summed E-state index contributed by atoms with van der Waals surface area (Å²) in [5.74, 6) is 0.626. The minimum Gasteiger partial charge on any atom is -0.502 e. The molecule has 0 saturated heterocycles. The maximum atomic E-state index is 10.00. The Morgan fingerprint density at radius 3 is 2.15 bits per heavy atom. The summed E-state index contributed by atoms with van der Waals surface area (Å²) in [5.41, 5.74) is 2.74. The summed E-state index contributed by atoms with van der Waals surface area (Å²) in [7, 11) is 2.97. The van der Waals surface area contributed by atoms with Crippen LogP contribution in [0.4, 0.5) is 0 Å². The lowest BCUT2D eigenvalue weighted by atomic mass is 9.74. The highest BCUT2D eigenvalue weighted by atomic mass is 16.5. The molecule has 1 aromatic carbocycles. The lowest BCUT2D eigenvalue weighted by molar-refractivity contribution is 0.340. The van der Waals surface area contributed by atoms with E-state index >= 15 is 0 Å². The van der Waals surface area contributed by atoms with E-state index in [0.29, 0.717) is 17.9 Å². The van der Waals surface area contributed by atoms with Gasteiger partial charge in [-0.15, -0.1) is 0 Å². The average Bonchev–Trinajstić information content (AvgIpc) is 2.60. The van der Waals surface area contributed by atoms with E-state index in [-0.39, 0.29) is 16.7 Å². The summed E-state index contributed by atoms with van der Waals surface area (Å²) < 4.78 is 10.3. The molecule has 0 radical (unpaired) electrons. The van der Waals surface area contributed by atoms with Crippen molar-refractivity contribution >= 4 is 6.08 Å². The number of hydrogen-bond donors (Lipinski definition) is 1. The Labute approximate surface area is 154 Å². The van der Waals surface area contributed by atoms with Crippen LogP contribution in [-0.2, 0) is 0 Å². The lowest BCUT2D eigenvalue weighted by Crippen LogP contribution is -2.17. The minimum absolute atomic E-state index is 0.0347. The predicted octanol–water partition coefficient (Wildman–Crippen LogP) is 4.51. The van der Waals surface area contributed by atoms with E-state index in [1.54, 1.807) is 12.1 Å². The molecule has 0 spiro atoms. The van der Waals surface area contributed by atoms with Crippen molar-refractivity contribution in [2.24, 2.45) is 5.41 Å². The fourth-order valence-electron chi connectivity index (χ4n) is 3.11. The quantitative estimate of drug-likeness (QED) is 0.807. The van der Waals surface area contributed by atoms with Gasteiger partial charge in [0.05, 0.1) is 14.2 Å². The number of aromatic hydroxyl groups is 1. The second-order valence-corrected chi connectivity index (χ2v) is 6.97. The Morgan fingerprint density at radius 1 is 1.08 bits per heavy atom. The van der Waals surface area contributed by atoms with Crippen LogP contribution in [0.5, 0.6) is 17.2 Å². The monoisotopic (exact) mass is 350 g/mol. The fraction of sp³-hybridized carbons (Fsp3) is 0.333. The molecule has 1 aromatic rings.